The van der Waals surface area contributed by atoms with Gasteiger partial charge in [0, 0.05) is 34.9 Å². The number of anilines is 2. The number of halogens is 1. The van der Waals surface area contributed by atoms with Crippen LogP contribution >= 0.6 is 15.9 Å². The van der Waals surface area contributed by atoms with Crippen molar-refractivity contribution in [3.8, 4) is 5.75 Å². The summed E-state index contributed by atoms with van der Waals surface area (Å²) in [5.41, 5.74) is 1.26. The van der Waals surface area contributed by atoms with Gasteiger partial charge in [-0.1, -0.05) is 22.0 Å². The first-order valence-electron chi connectivity index (χ1n) is 8.62. The second-order valence-corrected chi connectivity index (χ2v) is 7.19. The molecule has 1 heterocycles. The zero-order valence-electron chi connectivity index (χ0n) is 15.2. The van der Waals surface area contributed by atoms with Gasteiger partial charge in [-0.05, 0) is 36.4 Å². The van der Waals surface area contributed by atoms with Crippen LogP contribution in [-0.2, 0) is 19.1 Å². The van der Waals surface area contributed by atoms with E-state index in [1.54, 1.807) is 41.3 Å². The van der Waals surface area contributed by atoms with Crippen molar-refractivity contribution < 1.29 is 23.9 Å². The Morgan fingerprint density at radius 1 is 1.21 bits per heavy atom. The highest BCUT2D eigenvalue weighted by Gasteiger charge is 2.36. The summed E-state index contributed by atoms with van der Waals surface area (Å²) in [6, 6.07) is 14.1. The number of rotatable bonds is 6. The number of benzene rings is 2. The molecule has 0 spiro atoms. The first kappa shape index (κ1) is 19.9. The van der Waals surface area contributed by atoms with Crippen molar-refractivity contribution in [2.45, 2.75) is 6.42 Å². The van der Waals surface area contributed by atoms with Crippen LogP contribution in [0.1, 0.15) is 6.42 Å². The van der Waals surface area contributed by atoms with Crippen LogP contribution in [0.2, 0.25) is 0 Å². The molecular formula is C20H19BrN2O5. The number of nitrogens with one attached hydrogen (secondary N) is 1. The standard InChI is InChI=1S/C20H19BrN2O5/c1-27-17-4-2-3-15(10-17)22-18(24)12-28-20(26)13-9-19(25)23(11-13)16-7-5-14(21)6-8-16/h2-8,10,13H,9,11-12H2,1H3,(H,22,24)/t13-/m1/s1. The average molecular weight is 447 g/mol. The molecule has 2 amide bonds. The summed E-state index contributed by atoms with van der Waals surface area (Å²) in [6.07, 6.45) is 0.0619. The molecule has 1 atom stereocenters. The highest BCUT2D eigenvalue weighted by molar-refractivity contribution is 9.10. The van der Waals surface area contributed by atoms with Crippen LogP contribution in [0.4, 0.5) is 11.4 Å². The van der Waals surface area contributed by atoms with Crippen molar-refractivity contribution in [3.05, 3.63) is 53.0 Å². The van der Waals surface area contributed by atoms with Crippen LogP contribution in [0.5, 0.6) is 5.75 Å². The van der Waals surface area contributed by atoms with Gasteiger partial charge in [0.2, 0.25) is 5.91 Å². The molecule has 0 unspecified atom stereocenters. The lowest BCUT2D eigenvalue weighted by molar-refractivity contribution is -0.151. The molecule has 28 heavy (non-hydrogen) atoms. The maximum atomic E-state index is 12.3. The molecule has 1 N–H and O–H groups in total. The third kappa shape index (κ3) is 4.89. The monoisotopic (exact) mass is 446 g/mol. The minimum Gasteiger partial charge on any atom is -0.497 e. The Bertz CT molecular complexity index is 884. The Hall–Kier alpha value is -2.87. The van der Waals surface area contributed by atoms with Crippen molar-refractivity contribution in [3.63, 3.8) is 0 Å². The highest BCUT2D eigenvalue weighted by atomic mass is 79.9. The second kappa shape index (κ2) is 8.88. The SMILES string of the molecule is COc1cccc(NC(=O)COC(=O)[C@@H]2CC(=O)N(c3ccc(Br)cc3)C2)c1. The predicted molar refractivity (Wildman–Crippen MR) is 107 cm³/mol. The Labute approximate surface area is 170 Å². The largest absolute Gasteiger partial charge is 0.497 e. The number of amides is 2. The van der Waals surface area contributed by atoms with Crippen LogP contribution in [0, 0.1) is 5.92 Å². The molecule has 0 saturated carbocycles. The van der Waals surface area contributed by atoms with Gasteiger partial charge in [-0.15, -0.1) is 0 Å². The number of methoxy groups -OCH3 is 1. The van der Waals surface area contributed by atoms with Crippen molar-refractivity contribution in [1.29, 1.82) is 0 Å². The summed E-state index contributed by atoms with van der Waals surface area (Å²) in [4.78, 5) is 38.1. The van der Waals surface area contributed by atoms with E-state index < -0.39 is 24.4 Å². The van der Waals surface area contributed by atoms with Crippen molar-refractivity contribution in [2.24, 2.45) is 5.92 Å². The minimum atomic E-state index is -0.597. The van der Waals surface area contributed by atoms with Gasteiger partial charge in [-0.3, -0.25) is 14.4 Å². The van der Waals surface area contributed by atoms with Crippen molar-refractivity contribution >= 4 is 45.1 Å². The van der Waals surface area contributed by atoms with Crippen LogP contribution in [-0.4, -0.2) is 38.0 Å². The summed E-state index contributed by atoms with van der Waals surface area (Å²) in [5, 5.41) is 2.63. The maximum absolute atomic E-state index is 12.3. The van der Waals surface area contributed by atoms with Gasteiger partial charge in [0.1, 0.15) is 5.75 Å². The van der Waals surface area contributed by atoms with Gasteiger partial charge in [0.15, 0.2) is 6.61 Å². The zero-order valence-corrected chi connectivity index (χ0v) is 16.8. The first-order valence-corrected chi connectivity index (χ1v) is 9.42. The van der Waals surface area contributed by atoms with Gasteiger partial charge in [-0.25, -0.2) is 0 Å². The summed E-state index contributed by atoms with van der Waals surface area (Å²) in [5.74, 6) is -1.16. The lowest BCUT2D eigenvalue weighted by atomic mass is 10.1. The quantitative estimate of drug-likeness (QED) is 0.689. The summed E-state index contributed by atoms with van der Waals surface area (Å²) in [7, 11) is 1.53. The first-order chi connectivity index (χ1) is 13.5. The fourth-order valence-corrected chi connectivity index (χ4v) is 3.15. The Morgan fingerprint density at radius 3 is 2.68 bits per heavy atom. The molecule has 2 aromatic rings. The molecule has 1 saturated heterocycles. The fourth-order valence-electron chi connectivity index (χ4n) is 2.89. The van der Waals surface area contributed by atoms with Crippen LogP contribution in [0.15, 0.2) is 53.0 Å². The van der Waals surface area contributed by atoms with E-state index in [2.05, 4.69) is 21.2 Å². The number of hydrogen-bond donors (Lipinski definition) is 1. The summed E-state index contributed by atoms with van der Waals surface area (Å²) < 4.78 is 11.1. The topological polar surface area (TPSA) is 84.9 Å². The molecular weight excluding hydrogens is 428 g/mol. The number of carbonyl (C=O) groups is 3. The molecule has 1 fully saturated rings. The molecule has 0 aliphatic carbocycles. The van der Waals surface area contributed by atoms with E-state index in [4.69, 9.17) is 9.47 Å². The lowest BCUT2D eigenvalue weighted by Crippen LogP contribution is -2.28. The number of nitrogens with zero attached hydrogens (tertiary/aromatic N) is 1. The molecule has 1 aliphatic heterocycles. The maximum Gasteiger partial charge on any atom is 0.311 e. The highest BCUT2D eigenvalue weighted by Crippen LogP contribution is 2.27. The molecule has 0 aromatic heterocycles. The molecule has 7 nitrogen and oxygen atoms in total. The Kier molecular flexibility index (Phi) is 6.30. The van der Waals surface area contributed by atoms with Gasteiger partial charge in [0.05, 0.1) is 13.0 Å². The molecule has 146 valence electrons. The van der Waals surface area contributed by atoms with Gasteiger partial charge < -0.3 is 19.7 Å². The van der Waals surface area contributed by atoms with E-state index in [0.29, 0.717) is 11.4 Å². The van der Waals surface area contributed by atoms with Gasteiger partial charge >= 0.3 is 5.97 Å². The molecule has 2 aromatic carbocycles. The Morgan fingerprint density at radius 2 is 1.96 bits per heavy atom. The number of ether oxygens (including phenoxy) is 2. The molecule has 1 aliphatic rings. The lowest BCUT2D eigenvalue weighted by Gasteiger charge is -2.16. The third-order valence-electron chi connectivity index (χ3n) is 4.30. The Balaban J connectivity index is 1.51. The average Bonchev–Trinajstić information content (AvgIpc) is 3.08. The summed E-state index contributed by atoms with van der Waals surface area (Å²) in [6.45, 7) is -0.185. The summed E-state index contributed by atoms with van der Waals surface area (Å²) >= 11 is 3.35. The van der Waals surface area contributed by atoms with Crippen LogP contribution in [0.25, 0.3) is 0 Å². The third-order valence-corrected chi connectivity index (χ3v) is 4.82. The zero-order chi connectivity index (χ0) is 20.1. The normalized spacial score (nSPS) is 16.0. The van der Waals surface area contributed by atoms with Gasteiger partial charge in [-0.2, -0.15) is 0 Å². The number of hydrogen-bond acceptors (Lipinski definition) is 5. The minimum absolute atomic E-state index is 0.0619. The van der Waals surface area contributed by atoms with E-state index in [9.17, 15) is 14.4 Å². The van der Waals surface area contributed by atoms with Crippen LogP contribution < -0.4 is 15.0 Å². The molecule has 3 rings (SSSR count). The molecule has 0 bridgehead atoms. The number of carbonyl (C=O) groups excluding carboxylic acids is 3. The van der Waals surface area contributed by atoms with E-state index in [0.717, 1.165) is 10.2 Å². The van der Waals surface area contributed by atoms with E-state index in [1.165, 1.54) is 7.11 Å². The van der Waals surface area contributed by atoms with Gasteiger partial charge in [0.25, 0.3) is 5.91 Å². The molecule has 0 radical (unpaired) electrons. The van der Waals surface area contributed by atoms with E-state index >= 15 is 0 Å². The van der Waals surface area contributed by atoms with Crippen molar-refractivity contribution in [2.75, 3.05) is 30.5 Å². The number of esters is 1. The van der Waals surface area contributed by atoms with Crippen molar-refractivity contribution in [1.82, 2.24) is 0 Å². The molecule has 8 heteroatoms. The predicted octanol–water partition coefficient (Wildman–Crippen LogP) is 2.99. The van der Waals surface area contributed by atoms with E-state index in [1.807, 2.05) is 12.1 Å². The fraction of sp³-hybridized carbons (Fsp3) is 0.250. The second-order valence-electron chi connectivity index (χ2n) is 6.27. The van der Waals surface area contributed by atoms with E-state index in [-0.39, 0.29) is 18.9 Å². The smallest absolute Gasteiger partial charge is 0.311 e. The van der Waals surface area contributed by atoms with Crippen LogP contribution in [0.3, 0.4) is 0 Å².